The van der Waals surface area contributed by atoms with E-state index in [1.807, 2.05) is 13.8 Å². The lowest BCUT2D eigenvalue weighted by Gasteiger charge is -2.43. The molecule has 112 valence electrons. The van der Waals surface area contributed by atoms with Crippen molar-refractivity contribution in [3.63, 3.8) is 0 Å². The van der Waals surface area contributed by atoms with Crippen LogP contribution in [-0.4, -0.2) is 33.2 Å². The van der Waals surface area contributed by atoms with E-state index >= 15 is 0 Å². The second-order valence-corrected chi connectivity index (χ2v) is 8.41. The first kappa shape index (κ1) is 15.5. The van der Waals surface area contributed by atoms with Crippen LogP contribution >= 0.6 is 15.9 Å². The van der Waals surface area contributed by atoms with E-state index in [4.69, 9.17) is 0 Å². The van der Waals surface area contributed by atoms with Crippen molar-refractivity contribution in [2.75, 3.05) is 0 Å². The molecule has 0 atom stereocenters. The third kappa shape index (κ3) is 1.92. The molecular formula is C12H18BrN3O3S. The molecule has 1 aromatic heterocycles. The van der Waals surface area contributed by atoms with E-state index in [1.165, 1.54) is 13.8 Å². The van der Waals surface area contributed by atoms with Gasteiger partial charge in [-0.2, -0.15) is 5.10 Å². The molecule has 6 nitrogen and oxygen atoms in total. The monoisotopic (exact) mass is 363 g/mol. The van der Waals surface area contributed by atoms with Crippen LogP contribution in [0.2, 0.25) is 0 Å². The Balaban J connectivity index is 2.38. The Morgan fingerprint density at radius 1 is 1.30 bits per heavy atom. The van der Waals surface area contributed by atoms with Gasteiger partial charge in [-0.25, -0.2) is 12.7 Å². The molecule has 1 aliphatic heterocycles. The number of hydrogen-bond donors (Lipinski definition) is 0. The summed E-state index contributed by atoms with van der Waals surface area (Å²) in [4.78, 5) is 12.0. The van der Waals surface area contributed by atoms with Crippen LogP contribution in [-0.2, 0) is 34.3 Å². The highest BCUT2D eigenvalue weighted by atomic mass is 79.9. The number of aryl methyl sites for hydroxylation is 2. The molecule has 1 amide bonds. The Hall–Kier alpha value is -0.890. The zero-order valence-electron chi connectivity index (χ0n) is 12.0. The molecule has 1 aromatic rings. The van der Waals surface area contributed by atoms with E-state index in [-0.39, 0.29) is 12.5 Å². The Morgan fingerprint density at radius 2 is 1.90 bits per heavy atom. The van der Waals surface area contributed by atoms with Gasteiger partial charge in [0.2, 0.25) is 0 Å². The summed E-state index contributed by atoms with van der Waals surface area (Å²) in [5.41, 5.74) is 1.59. The molecule has 1 aliphatic rings. The van der Waals surface area contributed by atoms with Gasteiger partial charge in [-0.1, -0.05) is 6.92 Å². The Kier molecular flexibility index (Phi) is 3.75. The first-order valence-electron chi connectivity index (χ1n) is 6.49. The highest BCUT2D eigenvalue weighted by molar-refractivity contribution is 9.10. The molecule has 20 heavy (non-hydrogen) atoms. The van der Waals surface area contributed by atoms with Gasteiger partial charge in [-0.05, 0) is 43.1 Å². The number of sulfonamides is 1. The zero-order valence-corrected chi connectivity index (χ0v) is 14.4. The molecule has 0 bridgehead atoms. The molecule has 0 spiro atoms. The summed E-state index contributed by atoms with van der Waals surface area (Å²) in [7, 11) is -3.57. The minimum atomic E-state index is -3.57. The molecule has 1 saturated heterocycles. The lowest BCUT2D eigenvalue weighted by atomic mass is 10.2. The van der Waals surface area contributed by atoms with E-state index in [0.717, 1.165) is 26.6 Å². The Labute approximate surface area is 127 Å². The van der Waals surface area contributed by atoms with Crippen molar-refractivity contribution in [3.05, 3.63) is 15.9 Å². The smallest absolute Gasteiger partial charge is 0.259 e. The Morgan fingerprint density at radius 3 is 2.35 bits per heavy atom. The SMILES string of the molecule is CCc1nn(CC)c(CN2C(=O)C(C)(C)S2(=O)=O)c1Br. The molecule has 0 aromatic carbocycles. The van der Waals surface area contributed by atoms with Crippen molar-refractivity contribution in [2.24, 2.45) is 0 Å². The highest BCUT2D eigenvalue weighted by Crippen LogP contribution is 2.37. The number of amides is 1. The third-order valence-corrected chi connectivity index (χ3v) is 6.92. The number of carbonyl (C=O) groups excluding carboxylic acids is 1. The predicted molar refractivity (Wildman–Crippen MR) is 78.5 cm³/mol. The van der Waals surface area contributed by atoms with Crippen molar-refractivity contribution in [1.82, 2.24) is 14.1 Å². The fourth-order valence-corrected chi connectivity index (χ4v) is 4.40. The maximum atomic E-state index is 12.1. The van der Waals surface area contributed by atoms with Gasteiger partial charge in [0.05, 0.1) is 22.4 Å². The molecule has 0 saturated carbocycles. The summed E-state index contributed by atoms with van der Waals surface area (Å²) in [6.45, 7) is 7.44. The van der Waals surface area contributed by atoms with E-state index < -0.39 is 14.8 Å². The molecule has 8 heteroatoms. The number of carbonyl (C=O) groups is 1. The minimum absolute atomic E-state index is 0.0337. The quantitative estimate of drug-likeness (QED) is 0.815. The highest BCUT2D eigenvalue weighted by Gasteiger charge is 2.60. The summed E-state index contributed by atoms with van der Waals surface area (Å²) in [6, 6.07) is 0. The van der Waals surface area contributed by atoms with E-state index in [0.29, 0.717) is 6.54 Å². The molecule has 0 radical (unpaired) electrons. The lowest BCUT2D eigenvalue weighted by molar-refractivity contribution is -0.132. The standard InChI is InChI=1S/C12H18BrN3O3S/c1-5-8-10(13)9(15(6-2)14-8)7-16-11(17)12(3,4)20(16,18)19/h5-7H2,1-4H3. The van der Waals surface area contributed by atoms with Gasteiger partial charge in [0.25, 0.3) is 15.9 Å². The van der Waals surface area contributed by atoms with Gasteiger partial charge >= 0.3 is 0 Å². The zero-order chi connectivity index (χ0) is 15.3. The summed E-state index contributed by atoms with van der Waals surface area (Å²) in [5, 5.41) is 4.40. The van der Waals surface area contributed by atoms with Crippen LogP contribution in [0.5, 0.6) is 0 Å². The molecule has 0 aliphatic carbocycles. The van der Waals surface area contributed by atoms with Gasteiger partial charge in [0.1, 0.15) is 0 Å². The van der Waals surface area contributed by atoms with Crippen molar-refractivity contribution in [1.29, 1.82) is 0 Å². The van der Waals surface area contributed by atoms with Crippen LogP contribution in [0.1, 0.15) is 39.1 Å². The van der Waals surface area contributed by atoms with Crippen LogP contribution in [0.15, 0.2) is 4.47 Å². The summed E-state index contributed by atoms with van der Waals surface area (Å²) in [5.74, 6) is -0.369. The van der Waals surface area contributed by atoms with Crippen LogP contribution < -0.4 is 0 Å². The van der Waals surface area contributed by atoms with Crippen molar-refractivity contribution >= 4 is 31.9 Å². The van der Waals surface area contributed by atoms with Crippen molar-refractivity contribution in [2.45, 2.75) is 52.0 Å². The molecule has 2 rings (SSSR count). The fraction of sp³-hybridized carbons (Fsp3) is 0.667. The normalized spacial score (nSPS) is 20.1. The summed E-state index contributed by atoms with van der Waals surface area (Å²) < 4.78 is 26.4. The second-order valence-electron chi connectivity index (χ2n) is 5.20. The average Bonchev–Trinajstić information content (AvgIpc) is 2.70. The van der Waals surface area contributed by atoms with Crippen molar-refractivity contribution < 1.29 is 13.2 Å². The second kappa shape index (κ2) is 4.84. The molecule has 0 N–H and O–H groups in total. The van der Waals surface area contributed by atoms with Crippen LogP contribution in [0.25, 0.3) is 0 Å². The van der Waals surface area contributed by atoms with Crippen molar-refractivity contribution in [3.8, 4) is 0 Å². The maximum Gasteiger partial charge on any atom is 0.259 e. The van der Waals surface area contributed by atoms with E-state index in [1.54, 1.807) is 4.68 Å². The first-order chi connectivity index (χ1) is 9.18. The van der Waals surface area contributed by atoms with Crippen LogP contribution in [0.3, 0.4) is 0 Å². The number of rotatable bonds is 4. The minimum Gasteiger partial charge on any atom is -0.272 e. The number of aromatic nitrogens is 2. The summed E-state index contributed by atoms with van der Waals surface area (Å²) in [6.07, 6.45) is 0.743. The summed E-state index contributed by atoms with van der Waals surface area (Å²) >= 11 is 3.45. The van der Waals surface area contributed by atoms with Crippen LogP contribution in [0.4, 0.5) is 0 Å². The topological polar surface area (TPSA) is 72.3 Å². The third-order valence-electron chi connectivity index (χ3n) is 3.66. The maximum absolute atomic E-state index is 12.1. The van der Waals surface area contributed by atoms with E-state index in [2.05, 4.69) is 21.0 Å². The van der Waals surface area contributed by atoms with Gasteiger partial charge in [-0.15, -0.1) is 0 Å². The van der Waals surface area contributed by atoms with Gasteiger partial charge in [0, 0.05) is 6.54 Å². The fourth-order valence-electron chi connectivity index (χ4n) is 2.22. The van der Waals surface area contributed by atoms with E-state index in [9.17, 15) is 13.2 Å². The first-order valence-corrected chi connectivity index (χ1v) is 8.72. The number of nitrogens with zero attached hydrogens (tertiary/aromatic N) is 3. The molecular weight excluding hydrogens is 346 g/mol. The van der Waals surface area contributed by atoms with Gasteiger partial charge in [0.15, 0.2) is 4.75 Å². The van der Waals surface area contributed by atoms with Gasteiger partial charge < -0.3 is 0 Å². The molecule has 1 fully saturated rings. The number of halogens is 1. The van der Waals surface area contributed by atoms with Crippen LogP contribution in [0, 0.1) is 0 Å². The van der Waals surface area contributed by atoms with Gasteiger partial charge in [-0.3, -0.25) is 9.48 Å². The molecule has 0 unspecified atom stereocenters. The average molecular weight is 364 g/mol. The Bertz CT molecular complexity index is 664. The number of hydrogen-bond acceptors (Lipinski definition) is 4. The largest absolute Gasteiger partial charge is 0.272 e. The lowest BCUT2D eigenvalue weighted by Crippen LogP contribution is -2.66. The predicted octanol–water partition coefficient (Wildman–Crippen LogP) is 1.68. The molecule has 2 heterocycles.